The third kappa shape index (κ3) is 3.57. The van der Waals surface area contributed by atoms with Gasteiger partial charge in [-0.15, -0.1) is 9.81 Å². The number of allylic oxidation sites excluding steroid dienone is 1. The predicted octanol–water partition coefficient (Wildman–Crippen LogP) is -2.93. The molecule has 0 saturated carbocycles. The predicted molar refractivity (Wildman–Crippen MR) is 55.1 cm³/mol. The molecule has 0 aromatic carbocycles. The van der Waals surface area contributed by atoms with Gasteiger partial charge in [0.15, 0.2) is 0 Å². The third-order valence-electron chi connectivity index (χ3n) is 1.93. The van der Waals surface area contributed by atoms with Crippen molar-refractivity contribution in [1.29, 1.82) is 0 Å². The van der Waals surface area contributed by atoms with E-state index in [-0.39, 0.29) is 43.1 Å². The van der Waals surface area contributed by atoms with Crippen molar-refractivity contribution in [3.63, 3.8) is 0 Å². The summed E-state index contributed by atoms with van der Waals surface area (Å²) in [5.74, 6) is 0. The maximum absolute atomic E-state index is 11.1. The molecule has 3 N–H and O–H groups in total. The first-order valence-corrected chi connectivity index (χ1v) is 5.43. The average molecular weight is 272 g/mol. The second-order valence-corrected chi connectivity index (χ2v) is 4.58. The summed E-state index contributed by atoms with van der Waals surface area (Å²) in [7, 11) is -4.65. The van der Waals surface area contributed by atoms with Crippen molar-refractivity contribution in [2.24, 2.45) is 10.6 Å². The minimum atomic E-state index is -4.65. The average Bonchev–Trinajstić information content (AvgIpc) is 2.17. The van der Waals surface area contributed by atoms with Gasteiger partial charge in [0, 0.05) is 12.1 Å². The van der Waals surface area contributed by atoms with Crippen molar-refractivity contribution in [2.75, 3.05) is 0 Å². The topological polar surface area (TPSA) is 137 Å². The van der Waals surface area contributed by atoms with Gasteiger partial charge in [-0.05, 0) is 12.2 Å². The van der Waals surface area contributed by atoms with Gasteiger partial charge in [0.1, 0.15) is 0 Å². The molecule has 1 unspecified atom stereocenters. The fourth-order valence-corrected chi connectivity index (χ4v) is 1.93. The summed E-state index contributed by atoms with van der Waals surface area (Å²) in [5, 5.41) is 4.57. The molecule has 0 saturated heterocycles. The Morgan fingerprint density at radius 1 is 1.41 bits per heavy atom. The van der Waals surface area contributed by atoms with Gasteiger partial charge in [-0.1, -0.05) is 6.08 Å². The Morgan fingerprint density at radius 3 is 2.53 bits per heavy atom. The van der Waals surface area contributed by atoms with E-state index in [1.165, 1.54) is 6.08 Å². The molecule has 0 fully saturated rings. The first-order chi connectivity index (χ1) is 7.45. The minimum absolute atomic E-state index is 0. The van der Waals surface area contributed by atoms with Crippen molar-refractivity contribution in [2.45, 2.75) is 11.3 Å². The summed E-state index contributed by atoms with van der Waals surface area (Å²) in [6.45, 7) is 0. The molecule has 90 valence electrons. The number of nitrogens with one attached hydrogen (secondary N) is 2. The summed E-state index contributed by atoms with van der Waals surface area (Å²) in [6.07, 6.45) is 3.52. The first-order valence-electron chi connectivity index (χ1n) is 3.99. The summed E-state index contributed by atoms with van der Waals surface area (Å²) in [6, 6.07) is 0. The van der Waals surface area contributed by atoms with Gasteiger partial charge in [0.25, 0.3) is 10.1 Å². The van der Waals surface area contributed by atoms with Crippen molar-refractivity contribution in [3.8, 4) is 0 Å². The van der Waals surface area contributed by atoms with E-state index in [0.717, 1.165) is 12.2 Å². The summed E-state index contributed by atoms with van der Waals surface area (Å²) in [4.78, 5) is 17.9. The largest absolute Gasteiger partial charge is 1.00 e. The van der Waals surface area contributed by atoms with Crippen LogP contribution in [-0.2, 0) is 10.1 Å². The molecule has 0 aromatic rings. The van der Waals surface area contributed by atoms with Crippen molar-refractivity contribution >= 4 is 10.1 Å². The number of rotatable bonds is 5. The molecule has 0 aromatic heterocycles. The Balaban J connectivity index is 0. The Morgan fingerprint density at radius 2 is 2.06 bits per heavy atom. The van der Waals surface area contributed by atoms with Crippen LogP contribution in [0, 0.1) is 9.81 Å². The second-order valence-electron chi connectivity index (χ2n) is 2.95. The van der Waals surface area contributed by atoms with Crippen LogP contribution in [0.3, 0.4) is 0 Å². The van der Waals surface area contributed by atoms with E-state index in [1.807, 2.05) is 5.43 Å². The quantitative estimate of drug-likeness (QED) is 0.160. The van der Waals surface area contributed by atoms with Crippen LogP contribution in [0.5, 0.6) is 0 Å². The third-order valence-corrected chi connectivity index (χ3v) is 3.13. The summed E-state index contributed by atoms with van der Waals surface area (Å²) in [5.41, 5.74) is 3.82. The van der Waals surface area contributed by atoms with Crippen molar-refractivity contribution in [3.05, 3.63) is 33.7 Å². The zero-order valence-corrected chi connectivity index (χ0v) is 11.6. The van der Waals surface area contributed by atoms with E-state index in [2.05, 4.69) is 10.6 Å². The molecule has 9 nitrogen and oxygen atoms in total. The van der Waals surface area contributed by atoms with Crippen LogP contribution in [-0.4, -0.2) is 17.8 Å². The molecular weight excluding hydrogens is 263 g/mol. The monoisotopic (exact) mass is 272 g/mol. The zero-order chi connectivity index (χ0) is 12.2. The number of hydrogen-bond donors (Lipinski definition) is 3. The Labute approximate surface area is 120 Å². The second kappa shape index (κ2) is 6.21. The number of hydrogen-bond acceptors (Lipinski definition) is 6. The number of nitrogens with zero attached hydrogens (tertiary/aromatic N) is 2. The molecule has 0 spiro atoms. The van der Waals surface area contributed by atoms with Crippen LogP contribution >= 0.6 is 0 Å². The molecule has 1 rings (SSSR count). The van der Waals surface area contributed by atoms with Crippen molar-refractivity contribution in [1.82, 2.24) is 10.9 Å². The van der Waals surface area contributed by atoms with E-state index in [1.54, 1.807) is 5.43 Å². The molecule has 0 bridgehead atoms. The zero-order valence-electron chi connectivity index (χ0n) is 9.82. The first kappa shape index (κ1) is 16.2. The van der Waals surface area contributed by atoms with Gasteiger partial charge < -0.3 is 1.43 Å². The maximum Gasteiger partial charge on any atom is 1.00 e. The minimum Gasteiger partial charge on any atom is -1.00 e. The standard InChI is InChI=1S/C6H8N4O5S.Na.H/c11-9-7-5-2-1-3-6(4-5,8-10-12)16(13,14)15;;/h1,3-4H,2H2,(H,7,11)(H,8,12)(H,13,14,15);;/q;+1;-1. The molecule has 0 radical (unpaired) electrons. The molecule has 11 heteroatoms. The van der Waals surface area contributed by atoms with Gasteiger partial charge in [-0.2, -0.15) is 8.42 Å². The fourth-order valence-electron chi connectivity index (χ4n) is 1.22. The van der Waals surface area contributed by atoms with E-state index in [0.29, 0.717) is 0 Å². The van der Waals surface area contributed by atoms with Crippen LogP contribution in [0.4, 0.5) is 0 Å². The van der Waals surface area contributed by atoms with Gasteiger partial charge in [0.05, 0.1) is 10.6 Å². The maximum atomic E-state index is 11.1. The van der Waals surface area contributed by atoms with Gasteiger partial charge >= 0.3 is 29.6 Å². The van der Waals surface area contributed by atoms with E-state index >= 15 is 0 Å². The molecular formula is C6H9N4NaO5S. The Kier molecular flexibility index (Phi) is 5.92. The number of nitroso groups, excluding NO2 is 2. The van der Waals surface area contributed by atoms with Crippen LogP contribution < -0.4 is 40.4 Å². The Hall–Kier alpha value is -0.810. The van der Waals surface area contributed by atoms with Gasteiger partial charge in [-0.25, -0.2) is 10.9 Å². The smallest absolute Gasteiger partial charge is 1.00 e. The molecule has 1 atom stereocenters. The van der Waals surface area contributed by atoms with Crippen molar-refractivity contribution < 1.29 is 44.0 Å². The summed E-state index contributed by atoms with van der Waals surface area (Å²) < 4.78 is 31.2. The molecule has 0 aliphatic heterocycles. The van der Waals surface area contributed by atoms with E-state index < -0.39 is 15.0 Å². The van der Waals surface area contributed by atoms with Crippen LogP contribution in [0.25, 0.3) is 0 Å². The van der Waals surface area contributed by atoms with E-state index in [4.69, 9.17) is 4.55 Å². The normalized spacial score (nSPS) is 23.0. The molecule has 1 aliphatic carbocycles. The van der Waals surface area contributed by atoms with E-state index in [9.17, 15) is 18.2 Å². The SMILES string of the molecule is O=NNC1=CC(NN=O)(S(=O)(=O)O)C=CC1.[H-].[Na+]. The molecule has 17 heavy (non-hydrogen) atoms. The van der Waals surface area contributed by atoms with Gasteiger partial charge in [0.2, 0.25) is 4.87 Å². The molecule has 1 aliphatic rings. The molecule has 0 heterocycles. The molecule has 0 amide bonds. The fraction of sp³-hybridized carbons (Fsp3) is 0.333. The van der Waals surface area contributed by atoms with Crippen LogP contribution in [0.2, 0.25) is 0 Å². The van der Waals surface area contributed by atoms with Gasteiger partial charge in [-0.3, -0.25) is 4.55 Å². The summed E-state index contributed by atoms with van der Waals surface area (Å²) >= 11 is 0. The Bertz CT molecular complexity index is 463. The van der Waals surface area contributed by atoms with Crippen LogP contribution in [0.1, 0.15) is 7.85 Å². The van der Waals surface area contributed by atoms with Crippen LogP contribution in [0.15, 0.2) is 34.5 Å².